The number of rotatable bonds is 6. The monoisotopic (exact) mass is 576 g/mol. The van der Waals surface area contributed by atoms with Gasteiger partial charge < -0.3 is 14.9 Å². The molecule has 2 aromatic rings. The second-order valence-electron chi connectivity index (χ2n) is 9.81. The quantitative estimate of drug-likeness (QED) is 0.503. The molecule has 208 valence electrons. The zero-order valence-corrected chi connectivity index (χ0v) is 22.4. The lowest BCUT2D eigenvalue weighted by Gasteiger charge is -2.36. The second-order valence-corrected chi connectivity index (χ2v) is 10.6. The molecular formula is C26H30Cl2F4N4O2. The van der Waals surface area contributed by atoms with Gasteiger partial charge in [0.2, 0.25) is 0 Å². The Morgan fingerprint density at radius 1 is 1.03 bits per heavy atom. The standard InChI is InChI=1S/C26H30Cl2F4N4O2/c1-33(14-17-2-4-20(23(29)12-17)26(30,31)32)24-16-36(15-19(24)18-3-5-21(27)22(28)13-18)25(38)35-8-6-34(7-9-35)10-11-37/h2-5,12-13,19,24,37H,6-11,14-16H2,1H3/t19-,24-/m1/s1. The van der Waals surface area contributed by atoms with Crippen LogP contribution in [-0.2, 0) is 12.7 Å². The lowest BCUT2D eigenvalue weighted by atomic mass is 9.93. The van der Waals surface area contributed by atoms with Gasteiger partial charge >= 0.3 is 12.2 Å². The normalized spacial score (nSPS) is 21.0. The van der Waals surface area contributed by atoms with Gasteiger partial charge in [-0.25, -0.2) is 9.18 Å². The van der Waals surface area contributed by atoms with Crippen LogP contribution in [0.1, 0.15) is 22.6 Å². The molecule has 2 heterocycles. The number of nitrogens with zero attached hydrogens (tertiary/aromatic N) is 4. The molecule has 1 N–H and O–H groups in total. The molecule has 38 heavy (non-hydrogen) atoms. The Kier molecular flexibility index (Phi) is 9.09. The van der Waals surface area contributed by atoms with Crippen molar-refractivity contribution in [1.29, 1.82) is 0 Å². The molecule has 0 saturated carbocycles. The molecule has 2 atom stereocenters. The lowest BCUT2D eigenvalue weighted by Crippen LogP contribution is -2.53. The van der Waals surface area contributed by atoms with E-state index in [2.05, 4.69) is 4.90 Å². The van der Waals surface area contributed by atoms with Gasteiger partial charge in [-0.3, -0.25) is 9.80 Å². The molecule has 4 rings (SSSR count). The molecule has 6 nitrogen and oxygen atoms in total. The van der Waals surface area contributed by atoms with E-state index in [-0.39, 0.29) is 31.1 Å². The maximum atomic E-state index is 14.2. The van der Waals surface area contributed by atoms with Crippen molar-refractivity contribution in [3.8, 4) is 0 Å². The van der Waals surface area contributed by atoms with Crippen LogP contribution >= 0.6 is 23.2 Å². The maximum Gasteiger partial charge on any atom is 0.419 e. The number of amides is 2. The largest absolute Gasteiger partial charge is 0.419 e. The van der Waals surface area contributed by atoms with E-state index in [0.717, 1.165) is 17.7 Å². The molecule has 2 aliphatic rings. The summed E-state index contributed by atoms with van der Waals surface area (Å²) in [7, 11) is 1.81. The number of benzene rings is 2. The first-order chi connectivity index (χ1) is 18.0. The van der Waals surface area contributed by atoms with Crippen LogP contribution in [0.3, 0.4) is 0 Å². The summed E-state index contributed by atoms with van der Waals surface area (Å²) in [4.78, 5) is 21.0. The number of hydrogen-bond donors (Lipinski definition) is 1. The highest BCUT2D eigenvalue weighted by Crippen LogP contribution is 2.36. The Morgan fingerprint density at radius 3 is 2.34 bits per heavy atom. The number of carbonyl (C=O) groups is 1. The van der Waals surface area contributed by atoms with Gasteiger partial charge in [-0.05, 0) is 42.4 Å². The van der Waals surface area contributed by atoms with Crippen molar-refractivity contribution >= 4 is 29.2 Å². The van der Waals surface area contributed by atoms with Gasteiger partial charge in [0.1, 0.15) is 5.82 Å². The van der Waals surface area contributed by atoms with Crippen molar-refractivity contribution < 1.29 is 27.5 Å². The average Bonchev–Trinajstić information content (AvgIpc) is 3.31. The molecule has 2 amide bonds. The van der Waals surface area contributed by atoms with E-state index in [1.807, 2.05) is 18.0 Å². The molecule has 0 bridgehead atoms. The smallest absolute Gasteiger partial charge is 0.395 e. The minimum Gasteiger partial charge on any atom is -0.395 e. The fourth-order valence-electron chi connectivity index (χ4n) is 5.26. The van der Waals surface area contributed by atoms with Gasteiger partial charge in [0, 0.05) is 64.3 Å². The molecule has 0 aromatic heterocycles. The van der Waals surface area contributed by atoms with E-state index in [9.17, 15) is 22.4 Å². The number of alkyl halides is 3. The number of β-amino-alcohol motifs (C(OH)–C–C–N with tert-alkyl or cyclic N) is 1. The van der Waals surface area contributed by atoms with E-state index >= 15 is 0 Å². The van der Waals surface area contributed by atoms with Crippen LogP contribution in [-0.4, -0.2) is 96.2 Å². The molecule has 0 unspecified atom stereocenters. The van der Waals surface area contributed by atoms with Crippen LogP contribution in [0.2, 0.25) is 10.0 Å². The minimum atomic E-state index is -4.76. The number of carbonyl (C=O) groups excluding carboxylic acids is 1. The van der Waals surface area contributed by atoms with Crippen LogP contribution in [0.25, 0.3) is 0 Å². The van der Waals surface area contributed by atoms with E-state index in [1.165, 1.54) is 6.07 Å². The first kappa shape index (κ1) is 28.9. The first-order valence-corrected chi connectivity index (χ1v) is 13.1. The number of aliphatic hydroxyl groups is 1. The van der Waals surface area contributed by atoms with Gasteiger partial charge in [0.25, 0.3) is 0 Å². The third-order valence-corrected chi connectivity index (χ3v) is 8.07. The molecule has 2 aromatic carbocycles. The second kappa shape index (κ2) is 12.0. The molecule has 12 heteroatoms. The zero-order chi connectivity index (χ0) is 27.6. The summed E-state index contributed by atoms with van der Waals surface area (Å²) < 4.78 is 53.2. The van der Waals surface area contributed by atoms with Crippen LogP contribution in [0.15, 0.2) is 36.4 Å². The summed E-state index contributed by atoms with van der Waals surface area (Å²) in [6.45, 7) is 4.11. The van der Waals surface area contributed by atoms with Gasteiger partial charge in [0.15, 0.2) is 0 Å². The maximum absolute atomic E-state index is 14.2. The van der Waals surface area contributed by atoms with Crippen molar-refractivity contribution in [2.75, 3.05) is 59.5 Å². The van der Waals surface area contributed by atoms with Gasteiger partial charge in [0.05, 0.1) is 22.2 Å². The first-order valence-electron chi connectivity index (χ1n) is 12.4. The van der Waals surface area contributed by atoms with Gasteiger partial charge in [-0.1, -0.05) is 35.3 Å². The highest BCUT2D eigenvalue weighted by atomic mass is 35.5. The minimum absolute atomic E-state index is 0.0717. The Hall–Kier alpha value is -2.11. The number of piperazine rings is 1. The number of likely N-dealkylation sites (N-methyl/N-ethyl adjacent to an activating group) is 1. The topological polar surface area (TPSA) is 50.3 Å². The van der Waals surface area contributed by atoms with Crippen LogP contribution in [0.4, 0.5) is 22.4 Å². The summed E-state index contributed by atoms with van der Waals surface area (Å²) in [5.74, 6) is -1.46. The van der Waals surface area contributed by atoms with E-state index in [4.69, 9.17) is 28.3 Å². The predicted molar refractivity (Wildman–Crippen MR) is 138 cm³/mol. The lowest BCUT2D eigenvalue weighted by molar-refractivity contribution is -0.140. The zero-order valence-electron chi connectivity index (χ0n) is 20.9. The molecular weight excluding hydrogens is 547 g/mol. The van der Waals surface area contributed by atoms with Crippen molar-refractivity contribution in [3.05, 3.63) is 69.0 Å². The summed E-state index contributed by atoms with van der Waals surface area (Å²) in [6.07, 6.45) is -4.76. The Labute approximate surface area is 229 Å². The molecule has 2 aliphatic heterocycles. The number of hydrogen-bond acceptors (Lipinski definition) is 4. The van der Waals surface area contributed by atoms with Crippen molar-refractivity contribution in [3.63, 3.8) is 0 Å². The van der Waals surface area contributed by atoms with Crippen LogP contribution in [0.5, 0.6) is 0 Å². The van der Waals surface area contributed by atoms with E-state index in [0.29, 0.717) is 61.4 Å². The average molecular weight is 577 g/mol. The third kappa shape index (κ3) is 6.54. The summed E-state index contributed by atoms with van der Waals surface area (Å²) >= 11 is 12.4. The molecule has 0 spiro atoms. The van der Waals surface area contributed by atoms with Crippen molar-refractivity contribution in [2.45, 2.75) is 24.7 Å². The molecule has 2 fully saturated rings. The van der Waals surface area contributed by atoms with E-state index in [1.54, 1.807) is 21.9 Å². The molecule has 2 saturated heterocycles. The van der Waals surface area contributed by atoms with Crippen LogP contribution in [0, 0.1) is 5.82 Å². The SMILES string of the molecule is CN(Cc1ccc(C(F)(F)F)c(F)c1)[C@@H]1CN(C(=O)N2CCN(CCO)CC2)C[C@@H]1c1ccc(Cl)c(Cl)c1. The van der Waals surface area contributed by atoms with Crippen molar-refractivity contribution in [1.82, 2.24) is 19.6 Å². The predicted octanol–water partition coefficient (Wildman–Crippen LogP) is 4.78. The van der Waals surface area contributed by atoms with Crippen molar-refractivity contribution in [2.24, 2.45) is 0 Å². The third-order valence-electron chi connectivity index (χ3n) is 7.33. The number of halogens is 6. The summed E-state index contributed by atoms with van der Waals surface area (Å²) in [6, 6.07) is 8.00. The fraction of sp³-hybridized carbons (Fsp3) is 0.500. The Morgan fingerprint density at radius 2 is 1.74 bits per heavy atom. The van der Waals surface area contributed by atoms with E-state index < -0.39 is 17.6 Å². The fourth-order valence-corrected chi connectivity index (χ4v) is 5.56. The summed E-state index contributed by atoms with van der Waals surface area (Å²) in [5.41, 5.74) is -0.0112. The highest BCUT2D eigenvalue weighted by molar-refractivity contribution is 6.42. The van der Waals surface area contributed by atoms with Gasteiger partial charge in [-0.2, -0.15) is 13.2 Å². The number of aliphatic hydroxyl groups excluding tert-OH is 1. The van der Waals surface area contributed by atoms with Crippen LogP contribution < -0.4 is 0 Å². The Balaban J connectivity index is 1.53. The molecule has 0 radical (unpaired) electrons. The number of urea groups is 1. The highest BCUT2D eigenvalue weighted by Gasteiger charge is 2.40. The Bertz CT molecular complexity index is 1140. The number of likely N-dealkylation sites (tertiary alicyclic amines) is 1. The summed E-state index contributed by atoms with van der Waals surface area (Å²) in [5, 5.41) is 9.97. The molecule has 0 aliphatic carbocycles. The van der Waals surface area contributed by atoms with Gasteiger partial charge in [-0.15, -0.1) is 0 Å².